The number of furan rings is 1. The fourth-order valence-corrected chi connectivity index (χ4v) is 4.01. The highest BCUT2D eigenvalue weighted by Gasteiger charge is 2.22. The first-order chi connectivity index (χ1) is 17.1. The maximum Gasteiger partial charge on any atom is 0.254 e. The number of nitrogens with zero attached hydrogens (tertiary/aromatic N) is 4. The second-order valence-electron chi connectivity index (χ2n) is 8.24. The average Bonchev–Trinajstić information content (AvgIpc) is 3.52. The lowest BCUT2D eigenvalue weighted by Crippen LogP contribution is -2.44. The van der Waals surface area contributed by atoms with Crippen LogP contribution in [0.5, 0.6) is 5.88 Å². The van der Waals surface area contributed by atoms with Crippen molar-refractivity contribution in [3.8, 4) is 17.3 Å². The van der Waals surface area contributed by atoms with Crippen molar-refractivity contribution in [2.24, 2.45) is 0 Å². The standard InChI is InChI=1S/C15H11N3O2.C12H15NO2/c1-19-15-7-6-14-16-9-11(18(14)17-15)13-8-10-4-2-3-5-12(10)20-13;1-10-9-13(7-8-15-10)12(14)11-5-3-2-4-6-11/h2-9H,1H3;2-6,10H,7-9H2,1H3. The monoisotopic (exact) mass is 470 g/mol. The fourth-order valence-electron chi connectivity index (χ4n) is 4.01. The van der Waals surface area contributed by atoms with Gasteiger partial charge in [-0.2, -0.15) is 0 Å². The molecule has 0 radical (unpaired) electrons. The number of ether oxygens (including phenoxy) is 2. The number of imidazole rings is 1. The van der Waals surface area contributed by atoms with Crippen molar-refractivity contribution in [3.05, 3.63) is 84.6 Å². The van der Waals surface area contributed by atoms with Crippen molar-refractivity contribution in [1.29, 1.82) is 0 Å². The van der Waals surface area contributed by atoms with Gasteiger partial charge in [0.05, 0.1) is 26.0 Å². The number of fused-ring (bicyclic) bond motifs is 2. The minimum absolute atomic E-state index is 0.103. The molecule has 4 heterocycles. The number of carbonyl (C=O) groups excluding carboxylic acids is 1. The number of hydrogen-bond donors (Lipinski definition) is 0. The Balaban J connectivity index is 0.000000152. The number of para-hydroxylation sites is 1. The summed E-state index contributed by atoms with van der Waals surface area (Å²) in [7, 11) is 1.59. The summed E-state index contributed by atoms with van der Waals surface area (Å²) in [6.07, 6.45) is 1.89. The second kappa shape index (κ2) is 9.99. The van der Waals surface area contributed by atoms with Gasteiger partial charge in [-0.1, -0.05) is 36.4 Å². The molecule has 1 atom stereocenters. The van der Waals surface area contributed by atoms with Crippen LogP contribution in [-0.4, -0.2) is 58.3 Å². The van der Waals surface area contributed by atoms with Crippen molar-refractivity contribution < 1.29 is 18.7 Å². The number of methoxy groups -OCH3 is 1. The topological polar surface area (TPSA) is 82.1 Å². The summed E-state index contributed by atoms with van der Waals surface area (Å²) in [5, 5.41) is 5.43. The normalized spacial score (nSPS) is 15.6. The maximum atomic E-state index is 12.0. The highest BCUT2D eigenvalue weighted by atomic mass is 16.5. The van der Waals surface area contributed by atoms with Crippen LogP contribution in [-0.2, 0) is 4.74 Å². The molecule has 2 aromatic carbocycles. The van der Waals surface area contributed by atoms with E-state index in [0.717, 1.165) is 33.6 Å². The molecule has 1 fully saturated rings. The molecule has 0 aliphatic carbocycles. The third-order valence-corrected chi connectivity index (χ3v) is 5.77. The summed E-state index contributed by atoms with van der Waals surface area (Å²) in [4.78, 5) is 18.2. The molecule has 0 spiro atoms. The van der Waals surface area contributed by atoms with Crippen LogP contribution in [0.25, 0.3) is 28.1 Å². The second-order valence-corrected chi connectivity index (χ2v) is 8.24. The molecule has 0 saturated carbocycles. The molecule has 6 rings (SSSR count). The van der Waals surface area contributed by atoms with E-state index in [9.17, 15) is 4.79 Å². The summed E-state index contributed by atoms with van der Waals surface area (Å²) in [5.41, 5.74) is 3.16. The van der Waals surface area contributed by atoms with Gasteiger partial charge in [0, 0.05) is 30.1 Å². The third-order valence-electron chi connectivity index (χ3n) is 5.77. The van der Waals surface area contributed by atoms with Crippen LogP contribution < -0.4 is 4.74 Å². The Kier molecular flexibility index (Phi) is 6.45. The molecule has 1 aliphatic rings. The molecule has 8 nitrogen and oxygen atoms in total. The summed E-state index contributed by atoms with van der Waals surface area (Å²) in [6.45, 7) is 4.01. The number of hydrogen-bond acceptors (Lipinski definition) is 6. The summed E-state index contributed by atoms with van der Waals surface area (Å²) in [5.74, 6) is 1.37. The van der Waals surface area contributed by atoms with Crippen LogP contribution >= 0.6 is 0 Å². The van der Waals surface area contributed by atoms with E-state index >= 15 is 0 Å². The summed E-state index contributed by atoms with van der Waals surface area (Å²) < 4.78 is 18.1. The highest BCUT2D eigenvalue weighted by molar-refractivity contribution is 5.94. The minimum atomic E-state index is 0.103. The van der Waals surface area contributed by atoms with Crippen molar-refractivity contribution in [3.63, 3.8) is 0 Å². The van der Waals surface area contributed by atoms with Crippen LogP contribution in [0.3, 0.4) is 0 Å². The molecule has 5 aromatic rings. The lowest BCUT2D eigenvalue weighted by Gasteiger charge is -2.31. The van der Waals surface area contributed by atoms with Crippen molar-refractivity contribution in [2.45, 2.75) is 13.0 Å². The van der Waals surface area contributed by atoms with E-state index < -0.39 is 0 Å². The molecule has 1 amide bonds. The maximum absolute atomic E-state index is 12.0. The molecule has 0 bridgehead atoms. The van der Waals surface area contributed by atoms with Gasteiger partial charge in [0.1, 0.15) is 11.3 Å². The number of amides is 1. The van der Waals surface area contributed by atoms with Crippen molar-refractivity contribution in [2.75, 3.05) is 26.8 Å². The smallest absolute Gasteiger partial charge is 0.254 e. The average molecular weight is 471 g/mol. The minimum Gasteiger partial charge on any atom is -0.480 e. The molecule has 1 unspecified atom stereocenters. The number of morpholine rings is 1. The largest absolute Gasteiger partial charge is 0.480 e. The Morgan fingerprint density at radius 1 is 1.06 bits per heavy atom. The van der Waals surface area contributed by atoms with Gasteiger partial charge >= 0.3 is 0 Å². The zero-order valence-electron chi connectivity index (χ0n) is 19.6. The zero-order chi connectivity index (χ0) is 24.2. The van der Waals surface area contributed by atoms with Crippen LogP contribution in [0.2, 0.25) is 0 Å². The molecule has 3 aromatic heterocycles. The highest BCUT2D eigenvalue weighted by Crippen LogP contribution is 2.28. The molecule has 1 saturated heterocycles. The van der Waals surface area contributed by atoms with Gasteiger partial charge in [-0.05, 0) is 37.3 Å². The number of rotatable bonds is 3. The molecular formula is C27H26N4O4. The van der Waals surface area contributed by atoms with Gasteiger partial charge in [0.2, 0.25) is 5.88 Å². The zero-order valence-corrected chi connectivity index (χ0v) is 19.6. The van der Waals surface area contributed by atoms with Gasteiger partial charge in [-0.15, -0.1) is 5.10 Å². The first-order valence-electron chi connectivity index (χ1n) is 11.5. The van der Waals surface area contributed by atoms with E-state index in [1.54, 1.807) is 23.9 Å². The van der Waals surface area contributed by atoms with Crippen LogP contribution in [0.1, 0.15) is 17.3 Å². The SMILES string of the molecule is CC1CN(C(=O)c2ccccc2)CCO1.COc1ccc2ncc(-c3cc4ccccc4o3)n2n1. The number of aromatic nitrogens is 3. The van der Waals surface area contributed by atoms with E-state index in [1.165, 1.54) is 0 Å². The third kappa shape index (κ3) is 4.88. The molecule has 8 heteroatoms. The van der Waals surface area contributed by atoms with Crippen LogP contribution in [0.15, 0.2) is 83.4 Å². The van der Waals surface area contributed by atoms with E-state index in [1.807, 2.05) is 78.6 Å². The van der Waals surface area contributed by atoms with E-state index in [4.69, 9.17) is 13.9 Å². The molecular weight excluding hydrogens is 444 g/mol. The summed E-state index contributed by atoms with van der Waals surface area (Å²) in [6, 6.07) is 22.9. The molecule has 0 N–H and O–H groups in total. The molecule has 1 aliphatic heterocycles. The Bertz CT molecular complexity index is 1410. The van der Waals surface area contributed by atoms with Gasteiger partial charge in [-0.25, -0.2) is 9.50 Å². The van der Waals surface area contributed by atoms with Gasteiger partial charge in [-0.3, -0.25) is 4.79 Å². The lowest BCUT2D eigenvalue weighted by molar-refractivity contribution is -0.0124. The number of benzene rings is 2. The van der Waals surface area contributed by atoms with Gasteiger partial charge in [0.15, 0.2) is 11.4 Å². The van der Waals surface area contributed by atoms with Crippen molar-refractivity contribution >= 4 is 22.5 Å². The first kappa shape index (κ1) is 22.6. The molecule has 35 heavy (non-hydrogen) atoms. The van der Waals surface area contributed by atoms with E-state index in [-0.39, 0.29) is 12.0 Å². The fraction of sp³-hybridized carbons (Fsp3) is 0.222. The lowest BCUT2D eigenvalue weighted by atomic mass is 10.2. The quantitative estimate of drug-likeness (QED) is 0.380. The van der Waals surface area contributed by atoms with Gasteiger partial charge < -0.3 is 18.8 Å². The van der Waals surface area contributed by atoms with Crippen LogP contribution in [0, 0.1) is 0 Å². The first-order valence-corrected chi connectivity index (χ1v) is 11.5. The van der Waals surface area contributed by atoms with Crippen LogP contribution in [0.4, 0.5) is 0 Å². The predicted molar refractivity (Wildman–Crippen MR) is 133 cm³/mol. The van der Waals surface area contributed by atoms with E-state index in [2.05, 4.69) is 10.1 Å². The predicted octanol–water partition coefficient (Wildman–Crippen LogP) is 4.70. The Morgan fingerprint density at radius 2 is 1.86 bits per heavy atom. The molecule has 178 valence electrons. The Hall–Kier alpha value is -4.17. The number of carbonyl (C=O) groups is 1. The van der Waals surface area contributed by atoms with Gasteiger partial charge in [0.25, 0.3) is 5.91 Å². The Morgan fingerprint density at radius 3 is 2.63 bits per heavy atom. The summed E-state index contributed by atoms with van der Waals surface area (Å²) >= 11 is 0. The van der Waals surface area contributed by atoms with E-state index in [0.29, 0.717) is 25.6 Å². The van der Waals surface area contributed by atoms with Crippen molar-refractivity contribution in [1.82, 2.24) is 19.5 Å². The Labute approximate surface area is 202 Å².